The molecule has 6 nitrogen and oxygen atoms in total. The van der Waals surface area contributed by atoms with Gasteiger partial charge in [0.1, 0.15) is 6.10 Å². The van der Waals surface area contributed by atoms with Crippen molar-refractivity contribution in [2.75, 3.05) is 6.54 Å². The molecule has 6 heteroatoms. The first-order chi connectivity index (χ1) is 10.0. The molecule has 0 spiro atoms. The molecule has 0 fully saturated rings. The largest absolute Gasteiger partial charge is 0.478 e. The normalized spacial score (nSPS) is 20.7. The molecule has 0 aliphatic heterocycles. The maximum absolute atomic E-state index is 11.7. The molecule has 2 unspecified atom stereocenters. The number of carbonyl (C=O) groups is 2. The molecule has 3 N–H and O–H groups in total. The number of hydrogen-bond acceptors (Lipinski definition) is 5. The Labute approximate surface area is 122 Å². The maximum atomic E-state index is 11.7. The minimum absolute atomic E-state index is 0.144. The molecule has 1 aromatic carbocycles. The highest BCUT2D eigenvalue weighted by atomic mass is 16.5. The minimum atomic E-state index is -1.19. The fourth-order valence-electron chi connectivity index (χ4n) is 2.51. The van der Waals surface area contributed by atoms with Gasteiger partial charge in [-0.1, -0.05) is 31.2 Å². The molecule has 0 saturated heterocycles. The zero-order valence-corrected chi connectivity index (χ0v) is 11.7. The van der Waals surface area contributed by atoms with Crippen molar-refractivity contribution >= 4 is 11.9 Å². The molecular formula is C15H18N2O4. The van der Waals surface area contributed by atoms with Gasteiger partial charge in [0.25, 0.3) is 0 Å². The van der Waals surface area contributed by atoms with E-state index < -0.39 is 18.0 Å². The molecule has 2 atom stereocenters. The lowest BCUT2D eigenvalue weighted by Crippen LogP contribution is -2.44. The summed E-state index contributed by atoms with van der Waals surface area (Å²) in [6, 6.07) is 7.54. The number of benzene rings is 1. The number of rotatable bonds is 5. The third-order valence-corrected chi connectivity index (χ3v) is 3.54. The predicted octanol–water partition coefficient (Wildman–Crippen LogP) is 1.03. The Morgan fingerprint density at radius 2 is 2.14 bits per heavy atom. The number of fused-ring (bicyclic) bond motifs is 1. The van der Waals surface area contributed by atoms with Crippen molar-refractivity contribution in [2.24, 2.45) is 5.84 Å². The highest BCUT2D eigenvalue weighted by Crippen LogP contribution is 2.36. The van der Waals surface area contributed by atoms with E-state index in [1.807, 2.05) is 31.2 Å². The minimum Gasteiger partial charge on any atom is -0.478 e. The highest BCUT2D eigenvalue weighted by Gasteiger charge is 2.37. The zero-order valence-electron chi connectivity index (χ0n) is 11.7. The highest BCUT2D eigenvalue weighted by molar-refractivity contribution is 5.90. The van der Waals surface area contributed by atoms with Crippen LogP contribution in [0.15, 0.2) is 36.4 Å². The Hall–Kier alpha value is -2.18. The monoisotopic (exact) mass is 290 g/mol. The van der Waals surface area contributed by atoms with Crippen LogP contribution in [0.3, 0.4) is 0 Å². The standard InChI is InChI=1S/C15H18N2O4/c1-2-17(16)12-9-10-5-3-4-6-11(10)15(12)21-14(20)8-7-13(18)19/h3-8,12,15H,2,9,16H2,1H3,(H,18,19)/b8-7-. The Kier molecular flexibility index (Phi) is 4.72. The van der Waals surface area contributed by atoms with Gasteiger partial charge in [-0.15, -0.1) is 0 Å². The summed E-state index contributed by atoms with van der Waals surface area (Å²) in [6.07, 6.45) is 1.88. The number of nitrogens with zero attached hydrogens (tertiary/aromatic N) is 1. The third kappa shape index (κ3) is 3.48. The predicted molar refractivity (Wildman–Crippen MR) is 76.1 cm³/mol. The second-order valence-corrected chi connectivity index (χ2v) is 4.83. The average molecular weight is 290 g/mol. The number of carboxylic acids is 1. The van der Waals surface area contributed by atoms with Crippen LogP contribution in [-0.4, -0.2) is 34.6 Å². The van der Waals surface area contributed by atoms with Crippen molar-refractivity contribution in [3.8, 4) is 0 Å². The second kappa shape index (κ2) is 6.51. The molecule has 1 aliphatic rings. The van der Waals surface area contributed by atoms with Gasteiger partial charge in [-0.3, -0.25) is 5.84 Å². The lowest BCUT2D eigenvalue weighted by atomic mass is 10.1. The Bertz CT molecular complexity index is 571. The van der Waals surface area contributed by atoms with Crippen LogP contribution in [0.1, 0.15) is 24.2 Å². The quantitative estimate of drug-likeness (QED) is 0.364. The van der Waals surface area contributed by atoms with E-state index in [0.717, 1.165) is 23.3 Å². The van der Waals surface area contributed by atoms with Crippen molar-refractivity contribution < 1.29 is 19.4 Å². The van der Waals surface area contributed by atoms with E-state index in [0.29, 0.717) is 13.0 Å². The van der Waals surface area contributed by atoms with Crippen molar-refractivity contribution in [2.45, 2.75) is 25.5 Å². The molecule has 112 valence electrons. The van der Waals surface area contributed by atoms with Gasteiger partial charge in [-0.25, -0.2) is 14.6 Å². The number of carbonyl (C=O) groups excluding carboxylic acids is 1. The van der Waals surface area contributed by atoms with Crippen LogP contribution in [0.2, 0.25) is 0 Å². The SMILES string of the molecule is CCN(N)C1Cc2ccccc2C1OC(=O)/C=C\C(=O)O. The molecule has 0 saturated carbocycles. The van der Waals surface area contributed by atoms with Crippen molar-refractivity contribution in [3.63, 3.8) is 0 Å². The molecule has 0 bridgehead atoms. The van der Waals surface area contributed by atoms with Gasteiger partial charge in [0.05, 0.1) is 6.04 Å². The van der Waals surface area contributed by atoms with Crippen molar-refractivity contribution in [3.05, 3.63) is 47.5 Å². The van der Waals surface area contributed by atoms with Gasteiger partial charge in [0.2, 0.25) is 0 Å². The van der Waals surface area contributed by atoms with Gasteiger partial charge in [0.15, 0.2) is 0 Å². The fraction of sp³-hybridized carbons (Fsp3) is 0.333. The van der Waals surface area contributed by atoms with Crippen molar-refractivity contribution in [1.29, 1.82) is 0 Å². The van der Waals surface area contributed by atoms with Crippen LogP contribution in [0.5, 0.6) is 0 Å². The van der Waals surface area contributed by atoms with Crippen LogP contribution in [0, 0.1) is 0 Å². The van der Waals surface area contributed by atoms with E-state index in [2.05, 4.69) is 0 Å². The van der Waals surface area contributed by atoms with Crippen molar-refractivity contribution in [1.82, 2.24) is 5.01 Å². The Morgan fingerprint density at radius 3 is 2.81 bits per heavy atom. The first-order valence-electron chi connectivity index (χ1n) is 6.73. The van der Waals surface area contributed by atoms with E-state index in [4.69, 9.17) is 15.7 Å². The molecule has 2 rings (SSSR count). The summed E-state index contributed by atoms with van der Waals surface area (Å²) in [7, 11) is 0. The molecule has 0 amide bonds. The van der Waals surface area contributed by atoms with E-state index in [1.165, 1.54) is 0 Å². The number of nitrogens with two attached hydrogens (primary N) is 1. The van der Waals surface area contributed by atoms with Crippen LogP contribution >= 0.6 is 0 Å². The summed E-state index contributed by atoms with van der Waals surface area (Å²) in [4.78, 5) is 22.2. The molecule has 0 heterocycles. The Morgan fingerprint density at radius 1 is 1.43 bits per heavy atom. The topological polar surface area (TPSA) is 92.9 Å². The second-order valence-electron chi connectivity index (χ2n) is 4.83. The van der Waals surface area contributed by atoms with Gasteiger partial charge in [0, 0.05) is 18.7 Å². The van der Waals surface area contributed by atoms with E-state index in [9.17, 15) is 9.59 Å². The summed E-state index contributed by atoms with van der Waals surface area (Å²) in [5.41, 5.74) is 2.01. The third-order valence-electron chi connectivity index (χ3n) is 3.54. The van der Waals surface area contributed by atoms with Gasteiger partial charge >= 0.3 is 11.9 Å². The fourth-order valence-corrected chi connectivity index (χ4v) is 2.51. The van der Waals surface area contributed by atoms with Gasteiger partial charge in [-0.05, 0) is 17.5 Å². The number of carboxylic acid groups (broad SMARTS) is 1. The number of hydrazine groups is 1. The van der Waals surface area contributed by atoms with Crippen LogP contribution in [0.25, 0.3) is 0 Å². The molecular weight excluding hydrogens is 272 g/mol. The lowest BCUT2D eigenvalue weighted by Gasteiger charge is -2.27. The van der Waals surface area contributed by atoms with Crippen LogP contribution in [0.4, 0.5) is 0 Å². The number of ether oxygens (including phenoxy) is 1. The maximum Gasteiger partial charge on any atom is 0.331 e. The smallest absolute Gasteiger partial charge is 0.331 e. The van der Waals surface area contributed by atoms with E-state index >= 15 is 0 Å². The number of aliphatic carboxylic acids is 1. The Balaban J connectivity index is 2.20. The first-order valence-corrected chi connectivity index (χ1v) is 6.73. The molecule has 1 aromatic rings. The zero-order chi connectivity index (χ0) is 15.4. The lowest BCUT2D eigenvalue weighted by molar-refractivity contribution is -0.147. The average Bonchev–Trinajstić information content (AvgIpc) is 2.83. The first kappa shape index (κ1) is 15.2. The van der Waals surface area contributed by atoms with Crippen LogP contribution < -0.4 is 5.84 Å². The molecule has 0 aromatic heterocycles. The summed E-state index contributed by atoms with van der Waals surface area (Å²) < 4.78 is 5.41. The van der Waals surface area contributed by atoms with E-state index in [1.54, 1.807) is 5.01 Å². The summed E-state index contributed by atoms with van der Waals surface area (Å²) >= 11 is 0. The summed E-state index contributed by atoms with van der Waals surface area (Å²) in [5, 5.41) is 10.2. The number of hydrogen-bond donors (Lipinski definition) is 2. The van der Waals surface area contributed by atoms with Gasteiger partial charge in [-0.2, -0.15) is 0 Å². The molecule has 0 radical (unpaired) electrons. The summed E-state index contributed by atoms with van der Waals surface area (Å²) in [6.45, 7) is 2.55. The number of esters is 1. The summed E-state index contributed by atoms with van der Waals surface area (Å²) in [5.74, 6) is 4.10. The van der Waals surface area contributed by atoms with Crippen LogP contribution in [-0.2, 0) is 20.7 Å². The van der Waals surface area contributed by atoms with Gasteiger partial charge < -0.3 is 9.84 Å². The number of likely N-dealkylation sites (N-methyl/N-ethyl adjacent to an activating group) is 1. The molecule has 1 aliphatic carbocycles. The van der Waals surface area contributed by atoms with E-state index in [-0.39, 0.29) is 6.04 Å². The molecule has 21 heavy (non-hydrogen) atoms.